The molecule has 0 aromatic carbocycles. The average molecular weight is 352 g/mol. The summed E-state index contributed by atoms with van der Waals surface area (Å²) in [6.45, 7) is 6.76. The number of rotatable bonds is 5. The van der Waals surface area contributed by atoms with E-state index in [2.05, 4.69) is 15.7 Å². The molecule has 6 nitrogen and oxygen atoms in total. The number of methoxy groups -OCH3 is 1. The van der Waals surface area contributed by atoms with Gasteiger partial charge in [-0.25, -0.2) is 4.79 Å². The molecule has 0 saturated carbocycles. The summed E-state index contributed by atoms with van der Waals surface area (Å²) in [5.74, 6) is -0.374. The summed E-state index contributed by atoms with van der Waals surface area (Å²) in [5, 5.41) is 11.7. The Bertz CT molecular complexity index is 721. The van der Waals surface area contributed by atoms with Crippen LogP contribution in [0.2, 0.25) is 0 Å². The monoisotopic (exact) mass is 352 g/mol. The molecule has 2 heterocycles. The van der Waals surface area contributed by atoms with Crippen LogP contribution in [-0.2, 0) is 17.7 Å². The summed E-state index contributed by atoms with van der Waals surface area (Å²) in [7, 11) is 1.37. The fraction of sp³-hybridized carbons (Fsp3) is 0.400. The fourth-order valence-corrected chi connectivity index (χ4v) is 3.30. The Balaban J connectivity index is 2.14. The van der Waals surface area contributed by atoms with Crippen LogP contribution in [-0.4, -0.2) is 28.0 Å². The highest BCUT2D eigenvalue weighted by Crippen LogP contribution is 2.29. The zero-order valence-corrected chi connectivity index (χ0v) is 15.2. The molecule has 2 rings (SSSR count). The third-order valence-corrected chi connectivity index (χ3v) is 4.68. The average Bonchev–Trinajstić information content (AvgIpc) is 3.10. The molecule has 0 aliphatic heterocycles. The highest BCUT2D eigenvalue weighted by Gasteiger charge is 2.17. The molecule has 0 saturated heterocycles. The van der Waals surface area contributed by atoms with Crippen LogP contribution in [0.1, 0.15) is 34.8 Å². The summed E-state index contributed by atoms with van der Waals surface area (Å²) >= 11 is 6.84. The van der Waals surface area contributed by atoms with Crippen molar-refractivity contribution in [3.8, 4) is 0 Å². The maximum Gasteiger partial charge on any atom is 0.340 e. The van der Waals surface area contributed by atoms with E-state index in [1.54, 1.807) is 0 Å². The lowest BCUT2D eigenvalue weighted by molar-refractivity contribution is 0.0602. The van der Waals surface area contributed by atoms with Gasteiger partial charge in [0.1, 0.15) is 5.00 Å². The zero-order valence-electron chi connectivity index (χ0n) is 13.6. The van der Waals surface area contributed by atoms with Crippen molar-refractivity contribution in [1.29, 1.82) is 0 Å². The molecule has 0 aliphatic rings. The van der Waals surface area contributed by atoms with Crippen molar-refractivity contribution >= 4 is 45.3 Å². The summed E-state index contributed by atoms with van der Waals surface area (Å²) in [6, 6.07) is 1.84. The molecule has 124 valence electrons. The van der Waals surface area contributed by atoms with Crippen molar-refractivity contribution in [2.75, 3.05) is 17.7 Å². The van der Waals surface area contributed by atoms with Gasteiger partial charge in [-0.05, 0) is 38.6 Å². The Labute approximate surface area is 144 Å². The van der Waals surface area contributed by atoms with Gasteiger partial charge in [0.05, 0.1) is 24.1 Å². The second-order valence-electron chi connectivity index (χ2n) is 4.86. The fourth-order valence-electron chi connectivity index (χ4n) is 2.03. The molecule has 0 aliphatic carbocycles. The van der Waals surface area contributed by atoms with Gasteiger partial charge in [-0.2, -0.15) is 5.10 Å². The van der Waals surface area contributed by atoms with Crippen LogP contribution in [0.15, 0.2) is 12.3 Å². The quantitative estimate of drug-likeness (QED) is 0.635. The molecular weight excluding hydrogens is 332 g/mol. The number of thiophene rings is 1. The standard InChI is InChI=1S/C15H20N4O2S2/c1-5-10-7-11(14(20)21-4)13(23-10)17-15(22)16-12-8-19(6-2)18-9(12)3/h7-8H,5-6H2,1-4H3,(H2,16,17,22). The third-order valence-electron chi connectivity index (χ3n) is 3.28. The van der Waals surface area contributed by atoms with Gasteiger partial charge in [-0.3, -0.25) is 4.68 Å². The van der Waals surface area contributed by atoms with Crippen LogP contribution in [0.4, 0.5) is 10.7 Å². The molecule has 0 radical (unpaired) electrons. The number of thiocarbonyl (C=S) groups is 1. The summed E-state index contributed by atoms with van der Waals surface area (Å²) in [4.78, 5) is 13.0. The van der Waals surface area contributed by atoms with E-state index in [0.717, 1.165) is 29.2 Å². The first-order chi connectivity index (χ1) is 11.0. The minimum Gasteiger partial charge on any atom is -0.465 e. The van der Waals surface area contributed by atoms with E-state index in [1.807, 2.05) is 37.7 Å². The number of hydrogen-bond donors (Lipinski definition) is 2. The second kappa shape index (κ2) is 7.56. The number of carbonyl (C=O) groups excluding carboxylic acids is 1. The van der Waals surface area contributed by atoms with E-state index in [4.69, 9.17) is 17.0 Å². The SMILES string of the molecule is CCc1cc(C(=O)OC)c(NC(=S)Nc2cn(CC)nc2C)s1. The minimum absolute atomic E-state index is 0.374. The predicted octanol–water partition coefficient (Wildman–Crippen LogP) is 3.43. The van der Waals surface area contributed by atoms with Crippen LogP contribution in [0.3, 0.4) is 0 Å². The van der Waals surface area contributed by atoms with Gasteiger partial charge in [0.2, 0.25) is 0 Å². The first-order valence-electron chi connectivity index (χ1n) is 7.31. The van der Waals surface area contributed by atoms with Crippen molar-refractivity contribution in [3.05, 3.63) is 28.4 Å². The molecule has 2 N–H and O–H groups in total. The topological polar surface area (TPSA) is 68.2 Å². The van der Waals surface area contributed by atoms with E-state index in [9.17, 15) is 4.79 Å². The Morgan fingerprint density at radius 3 is 2.74 bits per heavy atom. The predicted molar refractivity (Wildman–Crippen MR) is 97.5 cm³/mol. The number of aryl methyl sites for hydroxylation is 3. The van der Waals surface area contributed by atoms with Crippen molar-refractivity contribution in [3.63, 3.8) is 0 Å². The number of ether oxygens (including phenoxy) is 1. The van der Waals surface area contributed by atoms with E-state index in [0.29, 0.717) is 15.7 Å². The van der Waals surface area contributed by atoms with Gasteiger partial charge in [0.25, 0.3) is 0 Å². The number of nitrogens with zero attached hydrogens (tertiary/aromatic N) is 2. The third kappa shape index (κ3) is 4.08. The number of anilines is 2. The maximum absolute atomic E-state index is 11.9. The van der Waals surface area contributed by atoms with E-state index in [1.165, 1.54) is 18.4 Å². The minimum atomic E-state index is -0.374. The Kier molecular flexibility index (Phi) is 5.73. The summed E-state index contributed by atoms with van der Waals surface area (Å²) < 4.78 is 6.66. The molecule has 2 aromatic heterocycles. The molecule has 0 fully saturated rings. The highest BCUT2D eigenvalue weighted by molar-refractivity contribution is 7.80. The molecule has 0 bridgehead atoms. The number of hydrogen-bond acceptors (Lipinski definition) is 5. The second-order valence-corrected chi connectivity index (χ2v) is 6.41. The Hall–Kier alpha value is -1.93. The lowest BCUT2D eigenvalue weighted by Crippen LogP contribution is -2.20. The lowest BCUT2D eigenvalue weighted by atomic mass is 10.2. The highest BCUT2D eigenvalue weighted by atomic mass is 32.1. The van der Waals surface area contributed by atoms with Gasteiger partial charge in [-0.1, -0.05) is 6.92 Å². The normalized spacial score (nSPS) is 10.4. The van der Waals surface area contributed by atoms with Crippen molar-refractivity contribution < 1.29 is 9.53 Å². The van der Waals surface area contributed by atoms with Crippen LogP contribution in [0, 0.1) is 6.92 Å². The van der Waals surface area contributed by atoms with Crippen LogP contribution >= 0.6 is 23.6 Å². The number of aromatic nitrogens is 2. The van der Waals surface area contributed by atoms with Crippen molar-refractivity contribution in [2.24, 2.45) is 0 Å². The van der Waals surface area contributed by atoms with Gasteiger partial charge < -0.3 is 15.4 Å². The first kappa shape index (κ1) is 17.4. The molecule has 23 heavy (non-hydrogen) atoms. The van der Waals surface area contributed by atoms with Crippen LogP contribution in [0.25, 0.3) is 0 Å². The van der Waals surface area contributed by atoms with Crippen LogP contribution < -0.4 is 10.6 Å². The molecule has 0 amide bonds. The lowest BCUT2D eigenvalue weighted by Gasteiger charge is -2.09. The molecule has 0 spiro atoms. The molecule has 8 heteroatoms. The number of nitrogens with one attached hydrogen (secondary N) is 2. The molecule has 2 aromatic rings. The molecule has 0 atom stereocenters. The van der Waals surface area contributed by atoms with Crippen LogP contribution in [0.5, 0.6) is 0 Å². The van der Waals surface area contributed by atoms with Gasteiger partial charge in [0, 0.05) is 17.6 Å². The Morgan fingerprint density at radius 1 is 1.43 bits per heavy atom. The number of esters is 1. The van der Waals surface area contributed by atoms with Crippen molar-refractivity contribution in [1.82, 2.24) is 9.78 Å². The Morgan fingerprint density at radius 2 is 2.17 bits per heavy atom. The molecule has 0 unspecified atom stereocenters. The van der Waals surface area contributed by atoms with E-state index in [-0.39, 0.29) is 5.97 Å². The van der Waals surface area contributed by atoms with Crippen molar-refractivity contribution in [2.45, 2.75) is 33.7 Å². The first-order valence-corrected chi connectivity index (χ1v) is 8.54. The van der Waals surface area contributed by atoms with Gasteiger partial charge in [0.15, 0.2) is 5.11 Å². The largest absolute Gasteiger partial charge is 0.465 e. The summed E-state index contributed by atoms with van der Waals surface area (Å²) in [6.07, 6.45) is 2.75. The smallest absolute Gasteiger partial charge is 0.340 e. The number of carbonyl (C=O) groups is 1. The van der Waals surface area contributed by atoms with E-state index >= 15 is 0 Å². The maximum atomic E-state index is 11.9. The zero-order chi connectivity index (χ0) is 17.0. The van der Waals surface area contributed by atoms with Gasteiger partial charge in [-0.15, -0.1) is 11.3 Å². The molecular formula is C15H20N4O2S2. The summed E-state index contributed by atoms with van der Waals surface area (Å²) in [5.41, 5.74) is 2.21. The van der Waals surface area contributed by atoms with Gasteiger partial charge >= 0.3 is 5.97 Å². The van der Waals surface area contributed by atoms with E-state index < -0.39 is 0 Å².